The SMILES string of the molecule is CCCCNC(=O)/C(NC(=O)C(OC(=O)c1cc(OC)cc2c(C)cccc12)C(C)C)=C(/Br)CCC. The zero-order valence-corrected chi connectivity index (χ0v) is 23.6. The third kappa shape index (κ3) is 7.56. The minimum atomic E-state index is -1.11. The summed E-state index contributed by atoms with van der Waals surface area (Å²) in [6.45, 7) is 10.1. The Hall–Kier alpha value is -2.87. The molecule has 0 aliphatic rings. The number of hydrogen-bond donors (Lipinski definition) is 2. The van der Waals surface area contributed by atoms with Crippen molar-refractivity contribution in [1.29, 1.82) is 0 Å². The number of unbranched alkanes of at least 4 members (excludes halogenated alkanes) is 1. The maximum atomic E-state index is 13.3. The van der Waals surface area contributed by atoms with Crippen molar-refractivity contribution in [3.05, 3.63) is 51.6 Å². The molecule has 2 rings (SSSR count). The Morgan fingerprint density at radius 1 is 1.06 bits per heavy atom. The summed E-state index contributed by atoms with van der Waals surface area (Å²) in [5, 5.41) is 7.13. The monoisotopic (exact) mass is 560 g/mol. The normalized spacial score (nSPS) is 12.7. The van der Waals surface area contributed by atoms with Gasteiger partial charge in [0.2, 0.25) is 0 Å². The lowest BCUT2D eigenvalue weighted by molar-refractivity contribution is -0.132. The highest BCUT2D eigenvalue weighted by Crippen LogP contribution is 2.29. The van der Waals surface area contributed by atoms with Gasteiger partial charge in [-0.25, -0.2) is 4.79 Å². The lowest BCUT2D eigenvalue weighted by atomic mass is 10.00. The van der Waals surface area contributed by atoms with Crippen molar-refractivity contribution < 1.29 is 23.9 Å². The van der Waals surface area contributed by atoms with Gasteiger partial charge in [0.1, 0.15) is 11.4 Å². The molecule has 7 nitrogen and oxygen atoms in total. The van der Waals surface area contributed by atoms with Gasteiger partial charge in [0, 0.05) is 11.0 Å². The van der Waals surface area contributed by atoms with Crippen LogP contribution in [0.15, 0.2) is 40.5 Å². The smallest absolute Gasteiger partial charge is 0.339 e. The molecule has 0 bridgehead atoms. The van der Waals surface area contributed by atoms with E-state index in [0.717, 1.165) is 30.2 Å². The molecule has 0 saturated heterocycles. The molecule has 0 aliphatic heterocycles. The van der Waals surface area contributed by atoms with Crippen molar-refractivity contribution in [3.63, 3.8) is 0 Å². The van der Waals surface area contributed by atoms with E-state index in [4.69, 9.17) is 9.47 Å². The van der Waals surface area contributed by atoms with E-state index in [0.29, 0.717) is 34.1 Å². The van der Waals surface area contributed by atoms with Crippen LogP contribution in [0.5, 0.6) is 5.75 Å². The molecular weight excluding hydrogens is 524 g/mol. The zero-order chi connectivity index (χ0) is 26.8. The third-order valence-corrected chi connectivity index (χ3v) is 6.57. The molecule has 0 aliphatic carbocycles. The lowest BCUT2D eigenvalue weighted by Gasteiger charge is -2.22. The van der Waals surface area contributed by atoms with Crippen molar-refractivity contribution in [2.75, 3.05) is 13.7 Å². The van der Waals surface area contributed by atoms with E-state index in [1.165, 1.54) is 7.11 Å². The Morgan fingerprint density at radius 3 is 2.39 bits per heavy atom. The number of nitrogens with one attached hydrogen (secondary N) is 2. The Bertz CT molecular complexity index is 1130. The number of rotatable bonds is 12. The van der Waals surface area contributed by atoms with Gasteiger partial charge in [-0.1, -0.05) is 74.7 Å². The van der Waals surface area contributed by atoms with Gasteiger partial charge in [0.05, 0.1) is 12.7 Å². The largest absolute Gasteiger partial charge is 0.497 e. The number of ether oxygens (including phenoxy) is 2. The zero-order valence-electron chi connectivity index (χ0n) is 22.0. The van der Waals surface area contributed by atoms with Gasteiger partial charge in [-0.15, -0.1) is 0 Å². The van der Waals surface area contributed by atoms with Gasteiger partial charge >= 0.3 is 5.97 Å². The molecule has 0 saturated carbocycles. The van der Waals surface area contributed by atoms with Crippen molar-refractivity contribution in [2.45, 2.75) is 66.4 Å². The molecule has 36 heavy (non-hydrogen) atoms. The summed E-state index contributed by atoms with van der Waals surface area (Å²) in [5.74, 6) is -1.38. The van der Waals surface area contributed by atoms with Gasteiger partial charge < -0.3 is 20.1 Å². The Labute approximate surface area is 222 Å². The van der Waals surface area contributed by atoms with E-state index in [-0.39, 0.29) is 17.5 Å². The van der Waals surface area contributed by atoms with Crippen LogP contribution in [-0.4, -0.2) is 37.5 Å². The van der Waals surface area contributed by atoms with E-state index in [9.17, 15) is 14.4 Å². The van der Waals surface area contributed by atoms with Crippen LogP contribution in [0.25, 0.3) is 10.8 Å². The molecular formula is C28H37BrN2O5. The van der Waals surface area contributed by atoms with Crippen LogP contribution in [0, 0.1) is 12.8 Å². The number of esters is 1. The Kier molecular flexibility index (Phi) is 11.4. The fourth-order valence-electron chi connectivity index (χ4n) is 3.72. The molecule has 0 heterocycles. The predicted molar refractivity (Wildman–Crippen MR) is 146 cm³/mol. The number of halogens is 1. The molecule has 0 spiro atoms. The van der Waals surface area contributed by atoms with E-state index < -0.39 is 18.0 Å². The van der Waals surface area contributed by atoms with E-state index >= 15 is 0 Å². The average molecular weight is 562 g/mol. The first kappa shape index (κ1) is 29.4. The number of benzene rings is 2. The summed E-state index contributed by atoms with van der Waals surface area (Å²) in [5.41, 5.74) is 1.44. The topological polar surface area (TPSA) is 93.7 Å². The number of fused-ring (bicyclic) bond motifs is 1. The number of hydrogen-bond acceptors (Lipinski definition) is 5. The van der Waals surface area contributed by atoms with Gasteiger partial charge in [0.15, 0.2) is 6.10 Å². The van der Waals surface area contributed by atoms with Crippen molar-refractivity contribution >= 4 is 44.5 Å². The summed E-state index contributed by atoms with van der Waals surface area (Å²) >= 11 is 3.45. The van der Waals surface area contributed by atoms with Gasteiger partial charge in [-0.3, -0.25) is 9.59 Å². The summed E-state index contributed by atoms with van der Waals surface area (Å²) in [7, 11) is 1.53. The van der Waals surface area contributed by atoms with Crippen LogP contribution < -0.4 is 15.4 Å². The molecule has 196 valence electrons. The molecule has 1 unspecified atom stereocenters. The van der Waals surface area contributed by atoms with Crippen LogP contribution in [0.3, 0.4) is 0 Å². The molecule has 2 aromatic carbocycles. The maximum Gasteiger partial charge on any atom is 0.339 e. The highest BCUT2D eigenvalue weighted by Gasteiger charge is 2.30. The number of allylic oxidation sites excluding steroid dienone is 1. The predicted octanol–water partition coefficient (Wildman–Crippen LogP) is 5.78. The Balaban J connectivity index is 2.34. The van der Waals surface area contributed by atoms with Crippen LogP contribution in [0.1, 0.15) is 69.3 Å². The van der Waals surface area contributed by atoms with E-state index in [1.807, 2.05) is 45.0 Å². The van der Waals surface area contributed by atoms with Crippen LogP contribution in [0.2, 0.25) is 0 Å². The number of aryl methyl sites for hydroxylation is 1. The number of carbonyl (C=O) groups is 3. The standard InChI is InChI=1S/C28H37BrN2O5/c1-7-9-14-30-26(32)24(23(29)11-8-2)31-27(33)25(17(3)4)36-28(34)22-16-19(35-6)15-21-18(5)12-10-13-20(21)22/h10,12-13,15-17,25H,7-9,11,14H2,1-6H3,(H,30,32)(H,31,33)/b24-23-. The molecule has 0 aromatic heterocycles. The first-order valence-electron chi connectivity index (χ1n) is 12.4. The minimum absolute atomic E-state index is 0.141. The highest BCUT2D eigenvalue weighted by molar-refractivity contribution is 9.11. The first-order valence-corrected chi connectivity index (χ1v) is 13.2. The van der Waals surface area contributed by atoms with Gasteiger partial charge in [0.25, 0.3) is 11.8 Å². The van der Waals surface area contributed by atoms with Crippen LogP contribution in [-0.2, 0) is 14.3 Å². The summed E-state index contributed by atoms with van der Waals surface area (Å²) < 4.78 is 11.7. The fraction of sp³-hybridized carbons (Fsp3) is 0.464. The van der Waals surface area contributed by atoms with Gasteiger partial charge in [-0.2, -0.15) is 0 Å². The second-order valence-corrected chi connectivity index (χ2v) is 10.0. The molecule has 2 N–H and O–H groups in total. The Morgan fingerprint density at radius 2 is 1.78 bits per heavy atom. The molecule has 8 heteroatoms. The summed E-state index contributed by atoms with van der Waals surface area (Å²) in [4.78, 5) is 39.4. The average Bonchev–Trinajstić information content (AvgIpc) is 2.85. The number of amides is 2. The number of carbonyl (C=O) groups excluding carboxylic acids is 3. The molecule has 0 fully saturated rings. The van der Waals surface area contributed by atoms with E-state index in [1.54, 1.807) is 19.9 Å². The van der Waals surface area contributed by atoms with Crippen LogP contribution in [0.4, 0.5) is 0 Å². The van der Waals surface area contributed by atoms with Gasteiger partial charge in [-0.05, 0) is 54.2 Å². The van der Waals surface area contributed by atoms with E-state index in [2.05, 4.69) is 26.6 Å². The fourth-order valence-corrected chi connectivity index (χ4v) is 4.40. The van der Waals surface area contributed by atoms with Crippen molar-refractivity contribution in [3.8, 4) is 5.75 Å². The first-order chi connectivity index (χ1) is 17.1. The molecule has 2 aromatic rings. The quantitative estimate of drug-likeness (QED) is 0.195. The minimum Gasteiger partial charge on any atom is -0.497 e. The van der Waals surface area contributed by atoms with Crippen molar-refractivity contribution in [2.24, 2.45) is 5.92 Å². The summed E-state index contributed by atoms with van der Waals surface area (Å²) in [6, 6.07) is 9.14. The lowest BCUT2D eigenvalue weighted by Crippen LogP contribution is -2.44. The second kappa shape index (κ2) is 14.0. The molecule has 0 radical (unpaired) electrons. The van der Waals surface area contributed by atoms with Crippen molar-refractivity contribution in [1.82, 2.24) is 10.6 Å². The second-order valence-electron chi connectivity index (χ2n) is 9.04. The highest BCUT2D eigenvalue weighted by atomic mass is 79.9. The molecule has 1 atom stereocenters. The third-order valence-electron chi connectivity index (χ3n) is 5.77. The molecule has 2 amide bonds. The maximum absolute atomic E-state index is 13.3. The van der Waals surface area contributed by atoms with Crippen LogP contribution >= 0.6 is 15.9 Å². The number of methoxy groups -OCH3 is 1. The summed E-state index contributed by atoms with van der Waals surface area (Å²) in [6.07, 6.45) is 2.03.